The van der Waals surface area contributed by atoms with Crippen molar-refractivity contribution in [1.82, 2.24) is 4.90 Å². The standard InChI is InChI=1S/C15H31N/c1-8-9-15(6,7)16-11-12(2)10-13(16)14(3,4)5/h12-13H,8-11H2,1-7H3. The molecular formula is C15H31N. The van der Waals surface area contributed by atoms with Gasteiger partial charge in [0.2, 0.25) is 0 Å². The van der Waals surface area contributed by atoms with E-state index in [-0.39, 0.29) is 0 Å². The molecule has 1 heterocycles. The first-order chi connectivity index (χ1) is 7.18. The van der Waals surface area contributed by atoms with E-state index in [0.717, 1.165) is 12.0 Å². The van der Waals surface area contributed by atoms with Crippen LogP contribution >= 0.6 is 0 Å². The van der Waals surface area contributed by atoms with E-state index in [1.165, 1.54) is 25.8 Å². The third-order valence-corrected chi connectivity index (χ3v) is 4.15. The number of rotatable bonds is 3. The molecule has 0 aromatic carbocycles. The molecule has 0 spiro atoms. The molecule has 1 saturated heterocycles. The smallest absolute Gasteiger partial charge is 0.0156 e. The highest BCUT2D eigenvalue weighted by Crippen LogP contribution is 2.40. The van der Waals surface area contributed by atoms with Gasteiger partial charge < -0.3 is 0 Å². The summed E-state index contributed by atoms with van der Waals surface area (Å²) in [6, 6.07) is 0.754. The van der Waals surface area contributed by atoms with Gasteiger partial charge in [0, 0.05) is 18.1 Å². The van der Waals surface area contributed by atoms with Crippen LogP contribution in [0.1, 0.15) is 67.7 Å². The summed E-state index contributed by atoms with van der Waals surface area (Å²) >= 11 is 0. The van der Waals surface area contributed by atoms with Crippen molar-refractivity contribution in [3.63, 3.8) is 0 Å². The van der Waals surface area contributed by atoms with Crippen LogP contribution in [0.4, 0.5) is 0 Å². The molecule has 2 atom stereocenters. The minimum absolute atomic E-state index is 0.372. The van der Waals surface area contributed by atoms with Gasteiger partial charge in [-0.05, 0) is 38.0 Å². The Morgan fingerprint density at radius 3 is 2.12 bits per heavy atom. The second kappa shape index (κ2) is 4.68. The number of hydrogen-bond donors (Lipinski definition) is 0. The summed E-state index contributed by atoms with van der Waals surface area (Å²) in [6.45, 7) is 18.0. The number of nitrogens with zero attached hydrogens (tertiary/aromatic N) is 1. The van der Waals surface area contributed by atoms with Gasteiger partial charge in [-0.25, -0.2) is 0 Å². The Hall–Kier alpha value is -0.0400. The Labute approximate surface area is 103 Å². The zero-order valence-electron chi connectivity index (χ0n) is 12.4. The van der Waals surface area contributed by atoms with Gasteiger partial charge in [0.05, 0.1) is 0 Å². The van der Waals surface area contributed by atoms with Crippen LogP contribution < -0.4 is 0 Å². The Bertz CT molecular complexity index is 224. The van der Waals surface area contributed by atoms with E-state index >= 15 is 0 Å². The molecule has 0 N–H and O–H groups in total. The highest BCUT2D eigenvalue weighted by Gasteiger charge is 2.43. The molecule has 16 heavy (non-hydrogen) atoms. The summed E-state index contributed by atoms with van der Waals surface area (Å²) in [5, 5.41) is 0. The maximum Gasteiger partial charge on any atom is 0.0156 e. The van der Waals surface area contributed by atoms with Gasteiger partial charge in [-0.3, -0.25) is 4.90 Å². The SMILES string of the molecule is CCCC(C)(C)N1CC(C)CC1C(C)(C)C. The molecule has 1 aliphatic rings. The Morgan fingerprint density at radius 1 is 1.12 bits per heavy atom. The van der Waals surface area contributed by atoms with Crippen LogP contribution in [0.5, 0.6) is 0 Å². The van der Waals surface area contributed by atoms with Crippen molar-refractivity contribution in [3.05, 3.63) is 0 Å². The second-order valence-electron chi connectivity index (χ2n) is 7.44. The number of likely N-dealkylation sites (tertiary alicyclic amines) is 1. The van der Waals surface area contributed by atoms with Gasteiger partial charge in [0.1, 0.15) is 0 Å². The van der Waals surface area contributed by atoms with E-state index < -0.39 is 0 Å². The van der Waals surface area contributed by atoms with Gasteiger partial charge in [0.25, 0.3) is 0 Å². The average Bonchev–Trinajstić information content (AvgIpc) is 2.46. The zero-order valence-corrected chi connectivity index (χ0v) is 12.4. The van der Waals surface area contributed by atoms with E-state index in [2.05, 4.69) is 53.4 Å². The van der Waals surface area contributed by atoms with Crippen molar-refractivity contribution >= 4 is 0 Å². The van der Waals surface area contributed by atoms with E-state index in [1.807, 2.05) is 0 Å². The summed E-state index contributed by atoms with van der Waals surface area (Å²) in [7, 11) is 0. The Kier molecular flexibility index (Phi) is 4.10. The molecule has 1 aliphatic heterocycles. The number of hydrogen-bond acceptors (Lipinski definition) is 1. The molecule has 0 aliphatic carbocycles. The summed E-state index contributed by atoms with van der Waals surface area (Å²) in [4.78, 5) is 2.78. The van der Waals surface area contributed by atoms with Crippen molar-refractivity contribution in [2.75, 3.05) is 6.54 Å². The summed E-state index contributed by atoms with van der Waals surface area (Å²) in [5.74, 6) is 0.861. The molecule has 0 saturated carbocycles. The van der Waals surface area contributed by atoms with Gasteiger partial charge in [-0.1, -0.05) is 41.0 Å². The minimum atomic E-state index is 0.372. The lowest BCUT2D eigenvalue weighted by atomic mass is 9.82. The molecule has 0 amide bonds. The predicted octanol–water partition coefficient (Wildman–Crippen LogP) is 4.32. The first-order valence-corrected chi connectivity index (χ1v) is 6.95. The fraction of sp³-hybridized carbons (Fsp3) is 1.00. The molecule has 1 fully saturated rings. The second-order valence-corrected chi connectivity index (χ2v) is 7.44. The van der Waals surface area contributed by atoms with Crippen LogP contribution in [0.15, 0.2) is 0 Å². The quantitative estimate of drug-likeness (QED) is 0.691. The van der Waals surface area contributed by atoms with Crippen molar-refractivity contribution in [2.45, 2.75) is 79.3 Å². The molecule has 96 valence electrons. The lowest BCUT2D eigenvalue weighted by Crippen LogP contribution is -2.51. The molecule has 1 heteroatoms. The van der Waals surface area contributed by atoms with Crippen molar-refractivity contribution in [1.29, 1.82) is 0 Å². The van der Waals surface area contributed by atoms with Crippen molar-refractivity contribution in [2.24, 2.45) is 11.3 Å². The molecular weight excluding hydrogens is 194 g/mol. The summed E-state index contributed by atoms with van der Waals surface area (Å²) in [5.41, 5.74) is 0.785. The van der Waals surface area contributed by atoms with Crippen LogP contribution in [-0.2, 0) is 0 Å². The van der Waals surface area contributed by atoms with Crippen LogP contribution in [-0.4, -0.2) is 23.0 Å². The monoisotopic (exact) mass is 225 g/mol. The molecule has 1 rings (SSSR count). The predicted molar refractivity (Wildman–Crippen MR) is 72.7 cm³/mol. The summed E-state index contributed by atoms with van der Waals surface area (Å²) in [6.07, 6.45) is 3.97. The Morgan fingerprint density at radius 2 is 1.69 bits per heavy atom. The maximum atomic E-state index is 2.78. The van der Waals surface area contributed by atoms with Gasteiger partial charge in [-0.2, -0.15) is 0 Å². The van der Waals surface area contributed by atoms with Crippen LogP contribution in [0.25, 0.3) is 0 Å². The lowest BCUT2D eigenvalue weighted by molar-refractivity contribution is 0.0407. The van der Waals surface area contributed by atoms with Gasteiger partial charge >= 0.3 is 0 Å². The van der Waals surface area contributed by atoms with E-state index in [1.54, 1.807) is 0 Å². The third kappa shape index (κ3) is 3.00. The molecule has 0 radical (unpaired) electrons. The summed E-state index contributed by atoms with van der Waals surface area (Å²) < 4.78 is 0. The van der Waals surface area contributed by atoms with Gasteiger partial charge in [-0.15, -0.1) is 0 Å². The van der Waals surface area contributed by atoms with Crippen LogP contribution in [0.3, 0.4) is 0 Å². The van der Waals surface area contributed by atoms with Crippen molar-refractivity contribution < 1.29 is 0 Å². The maximum absolute atomic E-state index is 2.78. The zero-order chi connectivity index (χ0) is 12.6. The first-order valence-electron chi connectivity index (χ1n) is 6.95. The molecule has 0 aromatic heterocycles. The normalized spacial score (nSPS) is 28.7. The molecule has 0 aromatic rings. The van der Waals surface area contributed by atoms with Crippen LogP contribution in [0, 0.1) is 11.3 Å². The average molecular weight is 225 g/mol. The Balaban J connectivity index is 2.85. The third-order valence-electron chi connectivity index (χ3n) is 4.15. The van der Waals surface area contributed by atoms with E-state index in [4.69, 9.17) is 0 Å². The minimum Gasteiger partial charge on any atom is -0.294 e. The van der Waals surface area contributed by atoms with E-state index in [9.17, 15) is 0 Å². The molecule has 2 unspecified atom stereocenters. The highest BCUT2D eigenvalue weighted by molar-refractivity contribution is 4.97. The van der Waals surface area contributed by atoms with Gasteiger partial charge in [0.15, 0.2) is 0 Å². The topological polar surface area (TPSA) is 3.24 Å². The first kappa shape index (κ1) is 14.0. The molecule has 1 nitrogen and oxygen atoms in total. The van der Waals surface area contributed by atoms with E-state index in [0.29, 0.717) is 11.0 Å². The molecule has 0 bridgehead atoms. The fourth-order valence-corrected chi connectivity index (χ4v) is 3.29. The lowest BCUT2D eigenvalue weighted by Gasteiger charge is -2.45. The fourth-order valence-electron chi connectivity index (χ4n) is 3.29. The van der Waals surface area contributed by atoms with Crippen molar-refractivity contribution in [3.8, 4) is 0 Å². The highest BCUT2D eigenvalue weighted by atomic mass is 15.2. The van der Waals surface area contributed by atoms with Crippen LogP contribution in [0.2, 0.25) is 0 Å². The largest absolute Gasteiger partial charge is 0.294 e.